The molecule has 0 N–H and O–H groups in total. The zero-order chi connectivity index (χ0) is 30.1. The largest absolute Gasteiger partial charge is 0.523 e. The molecule has 11 heteroatoms. The molecule has 0 aliphatic carbocycles. The van der Waals surface area contributed by atoms with Crippen molar-refractivity contribution in [1.82, 2.24) is 0 Å². The van der Waals surface area contributed by atoms with Gasteiger partial charge in [0.15, 0.2) is 5.79 Å². The molecule has 0 aromatic heterocycles. The molecule has 3 aromatic rings. The van der Waals surface area contributed by atoms with Gasteiger partial charge in [-0.15, -0.1) is 0 Å². The molecular formula is C30H35F3O6SSi. The third-order valence-electron chi connectivity index (χ3n) is 7.04. The minimum absolute atomic E-state index is 0.427. The first-order chi connectivity index (χ1) is 19.1. The molecule has 0 spiro atoms. The summed E-state index contributed by atoms with van der Waals surface area (Å²) in [5.41, 5.74) is -4.86. The van der Waals surface area contributed by atoms with Crippen LogP contribution >= 0.6 is 0 Å². The summed E-state index contributed by atoms with van der Waals surface area (Å²) < 4.78 is 86.9. The first-order valence-corrected chi connectivity index (χ1v) is 16.5. The Morgan fingerprint density at radius 1 is 0.829 bits per heavy atom. The standard InChI is InChI=1S/C30H35F3O6SSi/c1-28(2,3)41(23-17-11-7-12-18-23,24-19-13-8-14-20-24)39-26(22-15-9-6-10-16-22)27-25(37-29(4,5)38-27)21-36-40(34,35)30(31,32)33/h6-20,25-27H,21H2,1-5H3/t25-,26+,27+/m1/s1. The smallest absolute Gasteiger partial charge is 0.398 e. The van der Waals surface area contributed by atoms with E-state index in [0.717, 1.165) is 10.4 Å². The van der Waals surface area contributed by atoms with E-state index in [4.69, 9.17) is 13.9 Å². The van der Waals surface area contributed by atoms with E-state index in [1.165, 1.54) is 0 Å². The number of hydrogen-bond donors (Lipinski definition) is 0. The van der Waals surface area contributed by atoms with E-state index in [1.807, 2.05) is 91.0 Å². The fourth-order valence-corrected chi connectivity index (χ4v) is 10.4. The maximum atomic E-state index is 13.1. The van der Waals surface area contributed by atoms with Crippen molar-refractivity contribution < 1.29 is 39.7 Å². The molecule has 41 heavy (non-hydrogen) atoms. The second-order valence-corrected chi connectivity index (χ2v) is 17.3. The second kappa shape index (κ2) is 11.6. The van der Waals surface area contributed by atoms with Crippen LogP contribution in [0.5, 0.6) is 0 Å². The van der Waals surface area contributed by atoms with Gasteiger partial charge in [-0.05, 0) is 34.8 Å². The van der Waals surface area contributed by atoms with Crippen molar-refractivity contribution in [3.05, 3.63) is 96.6 Å². The Morgan fingerprint density at radius 3 is 1.73 bits per heavy atom. The molecule has 0 amide bonds. The SMILES string of the molecule is CC1(C)O[C@H]([C@@H](O[Si](c2ccccc2)(c2ccccc2)C(C)(C)C)c2ccccc2)[C@@H](COS(=O)(=O)C(F)(F)F)O1. The van der Waals surface area contributed by atoms with E-state index in [2.05, 4.69) is 25.0 Å². The zero-order valence-corrected chi connectivity index (χ0v) is 25.4. The third kappa shape index (κ3) is 6.60. The van der Waals surface area contributed by atoms with E-state index in [1.54, 1.807) is 13.8 Å². The molecule has 4 rings (SSSR count). The Hall–Kier alpha value is -2.54. The molecule has 1 saturated heterocycles. The van der Waals surface area contributed by atoms with Gasteiger partial charge in [-0.2, -0.15) is 21.6 Å². The highest BCUT2D eigenvalue weighted by Gasteiger charge is 2.56. The lowest BCUT2D eigenvalue weighted by atomic mass is 10.0. The number of alkyl halides is 3. The quantitative estimate of drug-likeness (QED) is 0.177. The van der Waals surface area contributed by atoms with E-state index in [9.17, 15) is 21.6 Å². The van der Waals surface area contributed by atoms with Crippen LogP contribution in [0.3, 0.4) is 0 Å². The number of halogens is 3. The van der Waals surface area contributed by atoms with Crippen molar-refractivity contribution in [2.45, 2.75) is 69.3 Å². The fraction of sp³-hybridized carbons (Fsp3) is 0.400. The van der Waals surface area contributed by atoms with Crippen LogP contribution in [0.15, 0.2) is 91.0 Å². The third-order valence-corrected chi connectivity index (χ3v) is 13.1. The van der Waals surface area contributed by atoms with Crippen LogP contribution in [0.4, 0.5) is 13.2 Å². The maximum absolute atomic E-state index is 13.1. The molecule has 1 aliphatic heterocycles. The monoisotopic (exact) mass is 608 g/mol. The minimum Gasteiger partial charge on any atom is -0.398 e. The van der Waals surface area contributed by atoms with Gasteiger partial charge in [0.1, 0.15) is 18.3 Å². The van der Waals surface area contributed by atoms with Crippen LogP contribution < -0.4 is 10.4 Å². The normalized spacial score (nSPS) is 20.6. The number of rotatable bonds is 9. The molecule has 1 aliphatic rings. The van der Waals surface area contributed by atoms with E-state index >= 15 is 0 Å². The van der Waals surface area contributed by atoms with E-state index in [-0.39, 0.29) is 0 Å². The molecule has 3 aromatic carbocycles. The molecule has 222 valence electrons. The van der Waals surface area contributed by atoms with Crippen molar-refractivity contribution in [2.24, 2.45) is 0 Å². The predicted molar refractivity (Wildman–Crippen MR) is 153 cm³/mol. The summed E-state index contributed by atoms with van der Waals surface area (Å²) in [7, 11) is -9.05. The first-order valence-electron chi connectivity index (χ1n) is 13.2. The van der Waals surface area contributed by atoms with Gasteiger partial charge in [-0.1, -0.05) is 112 Å². The highest BCUT2D eigenvalue weighted by atomic mass is 32.2. The second-order valence-electron chi connectivity index (χ2n) is 11.4. The van der Waals surface area contributed by atoms with Crippen LogP contribution in [0.1, 0.15) is 46.3 Å². The Labute approximate surface area is 240 Å². The Balaban J connectivity index is 1.87. The van der Waals surface area contributed by atoms with Crippen molar-refractivity contribution in [3.63, 3.8) is 0 Å². The van der Waals surface area contributed by atoms with Crippen molar-refractivity contribution in [3.8, 4) is 0 Å². The topological polar surface area (TPSA) is 71.1 Å². The Bertz CT molecular complexity index is 1360. The summed E-state index contributed by atoms with van der Waals surface area (Å²) in [6.45, 7) is 8.64. The van der Waals surface area contributed by atoms with Crippen LogP contribution in [0.25, 0.3) is 0 Å². The lowest BCUT2D eigenvalue weighted by molar-refractivity contribution is -0.156. The molecule has 3 atom stereocenters. The summed E-state index contributed by atoms with van der Waals surface area (Å²) in [6, 6.07) is 29.0. The van der Waals surface area contributed by atoms with Gasteiger partial charge < -0.3 is 13.9 Å². The summed E-state index contributed by atoms with van der Waals surface area (Å²) in [4.78, 5) is 0. The Kier molecular flexibility index (Phi) is 8.90. The van der Waals surface area contributed by atoms with Gasteiger partial charge in [0, 0.05) is 0 Å². The van der Waals surface area contributed by atoms with Crippen LogP contribution in [0, 0.1) is 0 Å². The van der Waals surface area contributed by atoms with Gasteiger partial charge in [0.05, 0.1) is 6.61 Å². The van der Waals surface area contributed by atoms with Crippen LogP contribution in [-0.4, -0.2) is 46.8 Å². The van der Waals surface area contributed by atoms with Crippen LogP contribution in [0.2, 0.25) is 5.04 Å². The maximum Gasteiger partial charge on any atom is 0.523 e. The van der Waals surface area contributed by atoms with Crippen LogP contribution in [-0.2, 0) is 28.2 Å². The van der Waals surface area contributed by atoms with E-state index < -0.39 is 59.7 Å². The molecule has 0 saturated carbocycles. The van der Waals surface area contributed by atoms with Gasteiger partial charge in [0.25, 0.3) is 8.32 Å². The zero-order valence-electron chi connectivity index (χ0n) is 23.6. The summed E-state index contributed by atoms with van der Waals surface area (Å²) >= 11 is 0. The average molecular weight is 609 g/mol. The lowest BCUT2D eigenvalue weighted by Gasteiger charge is -2.46. The predicted octanol–water partition coefficient (Wildman–Crippen LogP) is 5.69. The molecule has 1 heterocycles. The highest BCUT2D eigenvalue weighted by molar-refractivity contribution is 7.87. The number of hydrogen-bond acceptors (Lipinski definition) is 6. The number of ether oxygens (including phenoxy) is 2. The summed E-state index contributed by atoms with van der Waals surface area (Å²) in [6.07, 6.45) is -3.05. The summed E-state index contributed by atoms with van der Waals surface area (Å²) in [5, 5.41) is 1.55. The van der Waals surface area contributed by atoms with Crippen molar-refractivity contribution in [2.75, 3.05) is 6.61 Å². The van der Waals surface area contributed by atoms with Crippen molar-refractivity contribution >= 4 is 28.8 Å². The lowest BCUT2D eigenvalue weighted by Crippen LogP contribution is -2.67. The van der Waals surface area contributed by atoms with Gasteiger partial charge >= 0.3 is 15.6 Å². The molecule has 1 fully saturated rings. The number of benzene rings is 3. The summed E-state index contributed by atoms with van der Waals surface area (Å²) in [5.74, 6) is -1.25. The van der Waals surface area contributed by atoms with E-state index in [0.29, 0.717) is 5.56 Å². The van der Waals surface area contributed by atoms with Gasteiger partial charge in [-0.25, -0.2) is 0 Å². The van der Waals surface area contributed by atoms with Gasteiger partial charge in [0.2, 0.25) is 0 Å². The average Bonchev–Trinajstić information content (AvgIpc) is 3.22. The Morgan fingerprint density at radius 2 is 1.29 bits per heavy atom. The molecule has 0 unspecified atom stereocenters. The first kappa shape index (κ1) is 31.4. The van der Waals surface area contributed by atoms with Gasteiger partial charge in [-0.3, -0.25) is 4.18 Å². The molecular weight excluding hydrogens is 573 g/mol. The highest BCUT2D eigenvalue weighted by Crippen LogP contribution is 2.44. The minimum atomic E-state index is -5.85. The molecule has 0 bridgehead atoms. The molecule has 6 nitrogen and oxygen atoms in total. The molecule has 0 radical (unpaired) electrons. The fourth-order valence-electron chi connectivity index (χ4n) is 5.32. The van der Waals surface area contributed by atoms with Crippen molar-refractivity contribution in [1.29, 1.82) is 0 Å².